The van der Waals surface area contributed by atoms with Gasteiger partial charge >= 0.3 is 5.97 Å². The molecule has 0 unspecified atom stereocenters. The minimum absolute atomic E-state index is 0.245. The van der Waals surface area contributed by atoms with Crippen LogP contribution in [0.2, 0.25) is 5.02 Å². The summed E-state index contributed by atoms with van der Waals surface area (Å²) in [6, 6.07) is 12.6. The Kier molecular flexibility index (Phi) is 3.39. The Bertz CT molecular complexity index is 839. The molecule has 21 heavy (non-hydrogen) atoms. The van der Waals surface area contributed by atoms with E-state index in [1.807, 2.05) is 35.9 Å². The van der Waals surface area contributed by atoms with Crippen molar-refractivity contribution in [2.24, 2.45) is 7.05 Å². The normalized spacial score (nSPS) is 11.0. The fourth-order valence-electron chi connectivity index (χ4n) is 2.37. The van der Waals surface area contributed by atoms with Crippen LogP contribution < -0.4 is 0 Å². The highest BCUT2D eigenvalue weighted by Gasteiger charge is 2.11. The molecule has 0 aliphatic carbocycles. The van der Waals surface area contributed by atoms with Crippen LogP contribution in [0.4, 0.5) is 0 Å². The summed E-state index contributed by atoms with van der Waals surface area (Å²) >= 11 is 5.99. The van der Waals surface area contributed by atoms with Gasteiger partial charge in [-0.2, -0.15) is 0 Å². The first-order valence-electron chi connectivity index (χ1n) is 6.47. The highest BCUT2D eigenvalue weighted by molar-refractivity contribution is 6.30. The minimum Gasteiger partial charge on any atom is -0.478 e. The number of imidazole rings is 1. The molecule has 0 saturated carbocycles. The molecule has 3 rings (SSSR count). The Morgan fingerprint density at radius 1 is 1.29 bits per heavy atom. The zero-order valence-electron chi connectivity index (χ0n) is 11.4. The molecule has 0 atom stereocenters. The molecule has 0 aliphatic rings. The molecular weight excluding hydrogens is 288 g/mol. The van der Waals surface area contributed by atoms with E-state index in [2.05, 4.69) is 4.98 Å². The van der Waals surface area contributed by atoms with Crippen molar-refractivity contribution in [2.45, 2.75) is 6.42 Å². The molecule has 0 fully saturated rings. The summed E-state index contributed by atoms with van der Waals surface area (Å²) in [5, 5.41) is 9.73. The van der Waals surface area contributed by atoms with Crippen LogP contribution in [-0.4, -0.2) is 20.6 Å². The number of aromatic nitrogens is 2. The SMILES string of the molecule is Cn1c(Cc2cccc(Cl)c2)nc2cc(C(=O)O)ccc21. The second kappa shape index (κ2) is 5.22. The Hall–Kier alpha value is -2.33. The number of nitrogens with zero attached hydrogens (tertiary/aromatic N) is 2. The number of benzene rings is 2. The van der Waals surface area contributed by atoms with E-state index in [0.29, 0.717) is 17.0 Å². The van der Waals surface area contributed by atoms with Crippen LogP contribution in [0, 0.1) is 0 Å². The molecule has 4 nitrogen and oxygen atoms in total. The molecule has 106 valence electrons. The second-order valence-electron chi connectivity index (χ2n) is 4.90. The highest BCUT2D eigenvalue weighted by atomic mass is 35.5. The maximum absolute atomic E-state index is 11.0. The van der Waals surface area contributed by atoms with Gasteiger partial charge < -0.3 is 9.67 Å². The van der Waals surface area contributed by atoms with Crippen LogP contribution in [0.15, 0.2) is 42.5 Å². The van der Waals surface area contributed by atoms with E-state index in [-0.39, 0.29) is 5.56 Å². The van der Waals surface area contributed by atoms with Crippen LogP contribution in [-0.2, 0) is 13.5 Å². The van der Waals surface area contributed by atoms with Crippen molar-refractivity contribution in [3.63, 3.8) is 0 Å². The van der Waals surface area contributed by atoms with Gasteiger partial charge in [0.05, 0.1) is 16.6 Å². The van der Waals surface area contributed by atoms with Crippen LogP contribution >= 0.6 is 11.6 Å². The topological polar surface area (TPSA) is 55.1 Å². The van der Waals surface area contributed by atoms with Gasteiger partial charge in [0.1, 0.15) is 5.82 Å². The van der Waals surface area contributed by atoms with Gasteiger partial charge in [-0.05, 0) is 35.9 Å². The van der Waals surface area contributed by atoms with Crippen LogP contribution in [0.25, 0.3) is 11.0 Å². The third kappa shape index (κ3) is 2.62. The van der Waals surface area contributed by atoms with Crippen molar-refractivity contribution in [3.8, 4) is 0 Å². The lowest BCUT2D eigenvalue weighted by molar-refractivity contribution is 0.0697. The molecule has 1 N–H and O–H groups in total. The van der Waals surface area contributed by atoms with E-state index in [9.17, 15) is 4.79 Å². The number of carboxylic acid groups (broad SMARTS) is 1. The van der Waals surface area contributed by atoms with Crippen LogP contribution in [0.1, 0.15) is 21.7 Å². The summed E-state index contributed by atoms with van der Waals surface area (Å²) in [7, 11) is 1.93. The van der Waals surface area contributed by atoms with Crippen molar-refractivity contribution in [3.05, 3.63) is 64.4 Å². The van der Waals surface area contributed by atoms with Crippen molar-refractivity contribution in [1.82, 2.24) is 9.55 Å². The van der Waals surface area contributed by atoms with Gasteiger partial charge in [-0.25, -0.2) is 9.78 Å². The zero-order valence-corrected chi connectivity index (χ0v) is 12.1. The Morgan fingerprint density at radius 2 is 2.10 bits per heavy atom. The predicted octanol–water partition coefficient (Wildman–Crippen LogP) is 3.52. The average Bonchev–Trinajstić information content (AvgIpc) is 2.75. The lowest BCUT2D eigenvalue weighted by Gasteiger charge is -2.03. The Labute approximate surface area is 126 Å². The molecule has 1 heterocycles. The van der Waals surface area contributed by atoms with Crippen LogP contribution in [0.5, 0.6) is 0 Å². The molecule has 0 saturated heterocycles. The van der Waals surface area contributed by atoms with Gasteiger partial charge in [-0.15, -0.1) is 0 Å². The molecular formula is C16H13ClN2O2. The monoisotopic (exact) mass is 300 g/mol. The summed E-state index contributed by atoms with van der Waals surface area (Å²) in [6.07, 6.45) is 0.647. The number of aromatic carboxylic acids is 1. The van der Waals surface area contributed by atoms with Crippen LogP contribution in [0.3, 0.4) is 0 Å². The van der Waals surface area contributed by atoms with E-state index < -0.39 is 5.97 Å². The first kappa shape index (κ1) is 13.6. The number of rotatable bonds is 3. The molecule has 1 aromatic heterocycles. The average molecular weight is 301 g/mol. The number of halogens is 1. The van der Waals surface area contributed by atoms with E-state index in [0.717, 1.165) is 16.9 Å². The summed E-state index contributed by atoms with van der Waals surface area (Å²) in [6.45, 7) is 0. The molecule has 5 heteroatoms. The summed E-state index contributed by atoms with van der Waals surface area (Å²) in [5.74, 6) is -0.0752. The van der Waals surface area contributed by atoms with Crippen molar-refractivity contribution >= 4 is 28.6 Å². The predicted molar refractivity (Wildman–Crippen MR) is 81.9 cm³/mol. The lowest BCUT2D eigenvalue weighted by Crippen LogP contribution is -1.99. The van der Waals surface area contributed by atoms with Crippen molar-refractivity contribution in [2.75, 3.05) is 0 Å². The zero-order chi connectivity index (χ0) is 15.0. The number of hydrogen-bond donors (Lipinski definition) is 1. The minimum atomic E-state index is -0.945. The Morgan fingerprint density at radius 3 is 2.81 bits per heavy atom. The summed E-state index contributed by atoms with van der Waals surface area (Å²) in [5.41, 5.74) is 2.92. The maximum atomic E-state index is 11.0. The summed E-state index contributed by atoms with van der Waals surface area (Å²) < 4.78 is 1.97. The number of carbonyl (C=O) groups is 1. The standard InChI is InChI=1S/C16H13ClN2O2/c1-19-14-6-5-11(16(20)21)9-13(14)18-15(19)8-10-3-2-4-12(17)7-10/h2-7,9H,8H2,1H3,(H,20,21). The number of fused-ring (bicyclic) bond motifs is 1. The molecule has 0 radical (unpaired) electrons. The largest absolute Gasteiger partial charge is 0.478 e. The van der Waals surface area contributed by atoms with E-state index in [4.69, 9.17) is 16.7 Å². The second-order valence-corrected chi connectivity index (χ2v) is 5.34. The van der Waals surface area contributed by atoms with Gasteiger partial charge in [0, 0.05) is 18.5 Å². The molecule has 2 aromatic carbocycles. The third-order valence-corrected chi connectivity index (χ3v) is 3.71. The van der Waals surface area contributed by atoms with Crippen molar-refractivity contribution < 1.29 is 9.90 Å². The third-order valence-electron chi connectivity index (χ3n) is 3.47. The number of aryl methyl sites for hydroxylation is 1. The molecule has 3 aromatic rings. The Balaban J connectivity index is 2.03. The van der Waals surface area contributed by atoms with Crippen molar-refractivity contribution in [1.29, 1.82) is 0 Å². The van der Waals surface area contributed by atoms with E-state index in [1.54, 1.807) is 18.2 Å². The van der Waals surface area contributed by atoms with E-state index >= 15 is 0 Å². The van der Waals surface area contributed by atoms with Gasteiger partial charge in [0.2, 0.25) is 0 Å². The van der Waals surface area contributed by atoms with E-state index in [1.165, 1.54) is 0 Å². The lowest BCUT2D eigenvalue weighted by atomic mass is 10.1. The molecule has 0 spiro atoms. The summed E-state index contributed by atoms with van der Waals surface area (Å²) in [4.78, 5) is 15.6. The first-order valence-corrected chi connectivity index (χ1v) is 6.85. The fourth-order valence-corrected chi connectivity index (χ4v) is 2.58. The van der Waals surface area contributed by atoms with Gasteiger partial charge in [-0.1, -0.05) is 23.7 Å². The van der Waals surface area contributed by atoms with Gasteiger partial charge in [-0.3, -0.25) is 0 Å². The van der Waals surface area contributed by atoms with Gasteiger partial charge in [0.25, 0.3) is 0 Å². The number of hydrogen-bond acceptors (Lipinski definition) is 2. The molecule has 0 amide bonds. The van der Waals surface area contributed by atoms with Gasteiger partial charge in [0.15, 0.2) is 0 Å². The number of carboxylic acids is 1. The molecule has 0 aliphatic heterocycles. The fraction of sp³-hybridized carbons (Fsp3) is 0.125. The maximum Gasteiger partial charge on any atom is 0.335 e. The quantitative estimate of drug-likeness (QED) is 0.805. The smallest absolute Gasteiger partial charge is 0.335 e. The first-order chi connectivity index (χ1) is 10.0. The highest BCUT2D eigenvalue weighted by Crippen LogP contribution is 2.20. The molecule has 0 bridgehead atoms.